The Labute approximate surface area is 85.8 Å². The Morgan fingerprint density at radius 3 is 3.00 bits per heavy atom. The molecular formula is C11H10FNO2. The van der Waals surface area contributed by atoms with E-state index >= 15 is 0 Å². The van der Waals surface area contributed by atoms with Crippen molar-refractivity contribution in [3.05, 3.63) is 36.0 Å². The second-order valence-corrected chi connectivity index (χ2v) is 3.31. The average Bonchev–Trinajstić information content (AvgIpc) is 2.69. The molecule has 0 bridgehead atoms. The van der Waals surface area contributed by atoms with Gasteiger partial charge in [0.05, 0.1) is 6.42 Å². The van der Waals surface area contributed by atoms with Crippen LogP contribution >= 0.6 is 0 Å². The molecule has 0 aliphatic heterocycles. The standard InChI is InChI=1S/C11H10FNO2/c12-15-11(14)6-5-8-7-13-10-4-2-1-3-9(8)10/h1-4,7,13H,5-6H2. The highest BCUT2D eigenvalue weighted by Gasteiger charge is 2.07. The molecule has 0 amide bonds. The number of aromatic nitrogens is 1. The lowest BCUT2D eigenvalue weighted by atomic mass is 10.1. The number of hydrogen-bond acceptors (Lipinski definition) is 2. The average molecular weight is 207 g/mol. The zero-order valence-corrected chi connectivity index (χ0v) is 8.00. The molecule has 0 saturated heterocycles. The summed E-state index contributed by atoms with van der Waals surface area (Å²) in [5, 5.41) is 1.06. The molecule has 3 nitrogen and oxygen atoms in total. The van der Waals surface area contributed by atoms with Crippen LogP contribution in [0.5, 0.6) is 0 Å². The minimum absolute atomic E-state index is 0.0539. The fourth-order valence-corrected chi connectivity index (χ4v) is 1.61. The van der Waals surface area contributed by atoms with Gasteiger partial charge in [-0.25, -0.2) is 4.79 Å². The number of carbonyl (C=O) groups is 1. The number of rotatable bonds is 3. The Morgan fingerprint density at radius 2 is 2.20 bits per heavy atom. The van der Waals surface area contributed by atoms with Gasteiger partial charge in [0.25, 0.3) is 0 Å². The molecule has 0 aliphatic rings. The third kappa shape index (κ3) is 1.98. The number of H-pyrrole nitrogens is 1. The van der Waals surface area contributed by atoms with Gasteiger partial charge in [-0.2, -0.15) is 0 Å². The molecule has 78 valence electrons. The van der Waals surface area contributed by atoms with Gasteiger partial charge in [-0.15, -0.1) is 0 Å². The van der Waals surface area contributed by atoms with Gasteiger partial charge < -0.3 is 4.98 Å². The molecule has 1 aromatic carbocycles. The summed E-state index contributed by atoms with van der Waals surface area (Å²) in [6.45, 7) is 0. The summed E-state index contributed by atoms with van der Waals surface area (Å²) < 4.78 is 11.5. The molecule has 0 radical (unpaired) electrons. The molecule has 1 heterocycles. The van der Waals surface area contributed by atoms with Crippen molar-refractivity contribution in [1.29, 1.82) is 0 Å². The van der Waals surface area contributed by atoms with Crippen LogP contribution in [0.2, 0.25) is 0 Å². The fraction of sp³-hybridized carbons (Fsp3) is 0.182. The normalized spacial score (nSPS) is 10.5. The lowest BCUT2D eigenvalue weighted by Gasteiger charge is -1.95. The summed E-state index contributed by atoms with van der Waals surface area (Å²) in [5.74, 6) is -0.833. The van der Waals surface area contributed by atoms with Gasteiger partial charge in [0.2, 0.25) is 0 Å². The van der Waals surface area contributed by atoms with Gasteiger partial charge in [0.15, 0.2) is 0 Å². The van der Waals surface area contributed by atoms with Crippen LogP contribution < -0.4 is 0 Å². The highest BCUT2D eigenvalue weighted by Crippen LogP contribution is 2.18. The van der Waals surface area contributed by atoms with E-state index < -0.39 is 5.97 Å². The monoisotopic (exact) mass is 207 g/mol. The highest BCUT2D eigenvalue weighted by atomic mass is 19.3. The second-order valence-electron chi connectivity index (χ2n) is 3.31. The van der Waals surface area contributed by atoms with Gasteiger partial charge in [0.1, 0.15) is 0 Å². The SMILES string of the molecule is O=C(CCc1c[nH]c2ccccc12)OF. The van der Waals surface area contributed by atoms with E-state index in [0.717, 1.165) is 16.5 Å². The molecule has 0 unspecified atom stereocenters. The molecule has 2 aromatic rings. The molecule has 1 N–H and O–H groups in total. The summed E-state index contributed by atoms with van der Waals surface area (Å²) >= 11 is 0. The van der Waals surface area contributed by atoms with Crippen molar-refractivity contribution in [2.45, 2.75) is 12.8 Å². The van der Waals surface area contributed by atoms with Crippen molar-refractivity contribution in [3.8, 4) is 0 Å². The van der Waals surface area contributed by atoms with Gasteiger partial charge in [-0.1, -0.05) is 18.2 Å². The molecule has 15 heavy (non-hydrogen) atoms. The Kier molecular flexibility index (Phi) is 2.67. The largest absolute Gasteiger partial charge is 0.361 e. The number of hydrogen-bond donors (Lipinski definition) is 1. The number of para-hydroxylation sites is 1. The van der Waals surface area contributed by atoms with Gasteiger partial charge in [0, 0.05) is 21.6 Å². The van der Waals surface area contributed by atoms with Crippen molar-refractivity contribution >= 4 is 16.9 Å². The summed E-state index contributed by atoms with van der Waals surface area (Å²) in [7, 11) is 0. The molecule has 0 atom stereocenters. The predicted molar refractivity (Wildman–Crippen MR) is 53.8 cm³/mol. The van der Waals surface area contributed by atoms with Crippen LogP contribution in [0.3, 0.4) is 0 Å². The number of benzene rings is 1. The Balaban J connectivity index is 2.18. The molecule has 4 heteroatoms. The number of aryl methyl sites for hydroxylation is 1. The summed E-state index contributed by atoms with van der Waals surface area (Å²) in [5.41, 5.74) is 2.01. The smallest absolute Gasteiger partial charge is 0.349 e. The Morgan fingerprint density at radius 1 is 1.40 bits per heavy atom. The molecule has 0 spiro atoms. The maximum absolute atomic E-state index is 11.5. The maximum Gasteiger partial charge on any atom is 0.349 e. The van der Waals surface area contributed by atoms with Crippen LogP contribution in [-0.2, 0) is 16.2 Å². The lowest BCUT2D eigenvalue weighted by molar-refractivity contribution is -0.183. The number of halogens is 1. The molecular weight excluding hydrogens is 197 g/mol. The van der Waals surface area contributed by atoms with E-state index in [1.807, 2.05) is 30.5 Å². The van der Waals surface area contributed by atoms with Gasteiger partial charge in [-0.05, 0) is 18.1 Å². The summed E-state index contributed by atoms with van der Waals surface area (Å²) in [4.78, 5) is 16.8. The summed E-state index contributed by atoms with van der Waals surface area (Å²) in [6, 6.07) is 7.76. The number of aromatic amines is 1. The minimum Gasteiger partial charge on any atom is -0.361 e. The van der Waals surface area contributed by atoms with E-state index in [1.54, 1.807) is 0 Å². The first kappa shape index (κ1) is 9.71. The summed E-state index contributed by atoms with van der Waals surface area (Å²) in [6.07, 6.45) is 2.36. The van der Waals surface area contributed by atoms with Crippen molar-refractivity contribution in [1.82, 2.24) is 4.98 Å². The molecule has 0 saturated carbocycles. The Bertz CT molecular complexity index is 478. The van der Waals surface area contributed by atoms with E-state index in [2.05, 4.69) is 9.93 Å². The molecule has 1 aromatic heterocycles. The topological polar surface area (TPSA) is 42.1 Å². The third-order valence-electron chi connectivity index (χ3n) is 2.36. The quantitative estimate of drug-likeness (QED) is 0.840. The van der Waals surface area contributed by atoms with Crippen LogP contribution in [0.15, 0.2) is 30.5 Å². The zero-order chi connectivity index (χ0) is 10.7. The van der Waals surface area contributed by atoms with Gasteiger partial charge >= 0.3 is 5.97 Å². The van der Waals surface area contributed by atoms with E-state index in [9.17, 15) is 9.32 Å². The van der Waals surface area contributed by atoms with Crippen molar-refractivity contribution in [3.63, 3.8) is 0 Å². The van der Waals surface area contributed by atoms with Crippen LogP contribution in [0.4, 0.5) is 4.53 Å². The van der Waals surface area contributed by atoms with E-state index in [0.29, 0.717) is 6.42 Å². The van der Waals surface area contributed by atoms with Crippen LogP contribution in [0, 0.1) is 0 Å². The predicted octanol–water partition coefficient (Wildman–Crippen LogP) is 2.53. The highest BCUT2D eigenvalue weighted by molar-refractivity contribution is 5.83. The van der Waals surface area contributed by atoms with Crippen molar-refractivity contribution < 1.29 is 14.3 Å². The van der Waals surface area contributed by atoms with Crippen LogP contribution in [-0.4, -0.2) is 11.0 Å². The molecule has 0 aliphatic carbocycles. The first-order valence-corrected chi connectivity index (χ1v) is 4.67. The van der Waals surface area contributed by atoms with Gasteiger partial charge in [-0.3, -0.25) is 4.94 Å². The third-order valence-corrected chi connectivity index (χ3v) is 2.36. The number of nitrogens with one attached hydrogen (secondary N) is 1. The first-order chi connectivity index (χ1) is 7.31. The number of carbonyl (C=O) groups excluding carboxylic acids is 1. The second kappa shape index (κ2) is 4.13. The van der Waals surface area contributed by atoms with E-state index in [-0.39, 0.29) is 6.42 Å². The number of fused-ring (bicyclic) bond motifs is 1. The lowest BCUT2D eigenvalue weighted by Crippen LogP contribution is -1.99. The van der Waals surface area contributed by atoms with Crippen LogP contribution in [0.25, 0.3) is 10.9 Å². The maximum atomic E-state index is 11.5. The molecule has 2 rings (SSSR count). The molecule has 0 fully saturated rings. The first-order valence-electron chi connectivity index (χ1n) is 4.67. The minimum atomic E-state index is -0.833. The van der Waals surface area contributed by atoms with Crippen LogP contribution in [0.1, 0.15) is 12.0 Å². The van der Waals surface area contributed by atoms with E-state index in [1.165, 1.54) is 0 Å². The van der Waals surface area contributed by atoms with E-state index in [4.69, 9.17) is 0 Å². The Hall–Kier alpha value is -1.84. The zero-order valence-electron chi connectivity index (χ0n) is 8.00. The fourth-order valence-electron chi connectivity index (χ4n) is 1.61. The van der Waals surface area contributed by atoms with Crippen molar-refractivity contribution in [2.24, 2.45) is 0 Å². The van der Waals surface area contributed by atoms with Crippen molar-refractivity contribution in [2.75, 3.05) is 0 Å².